The van der Waals surface area contributed by atoms with Gasteiger partial charge in [0.25, 0.3) is 0 Å². The van der Waals surface area contributed by atoms with E-state index in [-0.39, 0.29) is 24.0 Å². The minimum absolute atomic E-state index is 0. The van der Waals surface area contributed by atoms with E-state index in [2.05, 4.69) is 45.5 Å². The molecule has 0 aromatic heterocycles. The van der Waals surface area contributed by atoms with Crippen LogP contribution in [-0.4, -0.2) is 51.0 Å². The molecule has 1 atom stereocenters. The van der Waals surface area contributed by atoms with Gasteiger partial charge < -0.3 is 19.7 Å². The number of para-hydroxylation sites is 1. The normalized spacial score (nSPS) is 16.3. The Bertz CT molecular complexity index is 789. The molecule has 2 aromatic carbocycles. The number of guanidine groups is 1. The fourth-order valence-corrected chi connectivity index (χ4v) is 4.54. The second kappa shape index (κ2) is 12.2. The van der Waals surface area contributed by atoms with E-state index in [4.69, 9.17) is 9.47 Å². The molecule has 29 heavy (non-hydrogen) atoms. The molecule has 1 N–H and O–H groups in total. The Morgan fingerprint density at radius 1 is 1.14 bits per heavy atom. The van der Waals surface area contributed by atoms with Crippen LogP contribution in [-0.2, 0) is 6.54 Å². The van der Waals surface area contributed by atoms with Crippen LogP contribution in [0.4, 0.5) is 0 Å². The van der Waals surface area contributed by atoms with Gasteiger partial charge in [-0.05, 0) is 30.5 Å². The van der Waals surface area contributed by atoms with Gasteiger partial charge in [0.15, 0.2) is 17.5 Å². The molecule has 0 aliphatic carbocycles. The van der Waals surface area contributed by atoms with Crippen LogP contribution >= 0.6 is 35.7 Å². The Kier molecular flexibility index (Phi) is 9.93. The van der Waals surface area contributed by atoms with E-state index in [1.807, 2.05) is 37.0 Å². The summed E-state index contributed by atoms with van der Waals surface area (Å²) in [4.78, 5) is 8.18. The number of benzene rings is 2. The zero-order valence-electron chi connectivity index (χ0n) is 17.3. The van der Waals surface area contributed by atoms with Crippen molar-refractivity contribution in [3.05, 3.63) is 54.1 Å². The van der Waals surface area contributed by atoms with Gasteiger partial charge in [0.1, 0.15) is 0 Å². The molecule has 0 saturated carbocycles. The summed E-state index contributed by atoms with van der Waals surface area (Å²) < 4.78 is 10.9. The third-order valence-corrected chi connectivity index (χ3v) is 6.19. The Morgan fingerprint density at radius 3 is 2.62 bits per heavy atom. The van der Waals surface area contributed by atoms with Crippen molar-refractivity contribution in [1.29, 1.82) is 0 Å². The summed E-state index contributed by atoms with van der Waals surface area (Å²) >= 11 is 1.94. The van der Waals surface area contributed by atoms with Gasteiger partial charge in [-0.1, -0.05) is 30.3 Å². The minimum atomic E-state index is 0. The van der Waals surface area contributed by atoms with Gasteiger partial charge >= 0.3 is 0 Å². The second-order valence-electron chi connectivity index (χ2n) is 6.78. The Hall–Kier alpha value is -1.61. The van der Waals surface area contributed by atoms with Crippen LogP contribution in [0.25, 0.3) is 0 Å². The van der Waals surface area contributed by atoms with E-state index in [0.29, 0.717) is 12.5 Å². The lowest BCUT2D eigenvalue weighted by Crippen LogP contribution is -2.39. The summed E-state index contributed by atoms with van der Waals surface area (Å²) in [7, 11) is 5.18. The maximum atomic E-state index is 5.53. The third-order valence-electron chi connectivity index (χ3n) is 4.95. The van der Waals surface area contributed by atoms with Gasteiger partial charge in [0.05, 0.1) is 14.2 Å². The summed E-state index contributed by atoms with van der Waals surface area (Å²) in [5, 5.41) is 3.48. The van der Waals surface area contributed by atoms with Crippen LogP contribution in [0.2, 0.25) is 0 Å². The molecule has 1 aliphatic heterocycles. The minimum Gasteiger partial charge on any atom is -0.493 e. The van der Waals surface area contributed by atoms with Crippen molar-refractivity contribution in [2.45, 2.75) is 17.9 Å². The number of methoxy groups -OCH3 is 2. The van der Waals surface area contributed by atoms with Gasteiger partial charge in [0, 0.05) is 42.9 Å². The van der Waals surface area contributed by atoms with Crippen molar-refractivity contribution in [3.63, 3.8) is 0 Å². The maximum absolute atomic E-state index is 5.53. The van der Waals surface area contributed by atoms with E-state index in [0.717, 1.165) is 41.9 Å². The van der Waals surface area contributed by atoms with Crippen molar-refractivity contribution >= 4 is 41.7 Å². The largest absolute Gasteiger partial charge is 0.493 e. The van der Waals surface area contributed by atoms with Crippen molar-refractivity contribution in [1.82, 2.24) is 10.2 Å². The number of halogens is 1. The first-order valence-corrected chi connectivity index (χ1v) is 10.6. The van der Waals surface area contributed by atoms with Crippen molar-refractivity contribution in [3.8, 4) is 11.5 Å². The van der Waals surface area contributed by atoms with Gasteiger partial charge in [-0.25, -0.2) is 0 Å². The van der Waals surface area contributed by atoms with E-state index < -0.39 is 0 Å². The molecule has 0 bridgehead atoms. The van der Waals surface area contributed by atoms with E-state index in [1.54, 1.807) is 14.2 Å². The fourth-order valence-electron chi connectivity index (χ4n) is 3.49. The standard InChI is InChI=1S/C22H29N3O2S.HI/c1-23-22(24-14-18-8-7-11-20(26-2)21(18)27-3)25-13-12-17(15-25)16-28-19-9-5-4-6-10-19;/h4-11,17H,12-16H2,1-3H3,(H,23,24);1H. The SMILES string of the molecule is CN=C(NCc1cccc(OC)c1OC)N1CCC(CSc2ccccc2)C1.I. The molecule has 0 radical (unpaired) electrons. The summed E-state index contributed by atoms with van der Waals surface area (Å²) in [5.74, 6) is 4.27. The van der Waals surface area contributed by atoms with E-state index >= 15 is 0 Å². The van der Waals surface area contributed by atoms with Crippen molar-refractivity contribution in [2.24, 2.45) is 10.9 Å². The summed E-state index contributed by atoms with van der Waals surface area (Å²) in [6, 6.07) is 16.6. The number of hydrogen-bond donors (Lipinski definition) is 1. The lowest BCUT2D eigenvalue weighted by atomic mass is 10.2. The molecule has 5 nitrogen and oxygen atoms in total. The molecule has 0 amide bonds. The summed E-state index contributed by atoms with van der Waals surface area (Å²) in [6.45, 7) is 2.72. The van der Waals surface area contributed by atoms with Gasteiger partial charge in [-0.2, -0.15) is 0 Å². The third kappa shape index (κ3) is 6.44. The average Bonchev–Trinajstić information content (AvgIpc) is 3.22. The van der Waals surface area contributed by atoms with Gasteiger partial charge in [0.2, 0.25) is 0 Å². The molecular formula is C22H30IN3O2S. The molecular weight excluding hydrogens is 497 g/mol. The predicted molar refractivity (Wildman–Crippen MR) is 132 cm³/mol. The monoisotopic (exact) mass is 527 g/mol. The van der Waals surface area contributed by atoms with Crippen LogP contribution in [0, 0.1) is 5.92 Å². The molecule has 0 spiro atoms. The number of aliphatic imine (C=N–C) groups is 1. The van der Waals surface area contributed by atoms with Crippen LogP contribution in [0.1, 0.15) is 12.0 Å². The van der Waals surface area contributed by atoms with Crippen LogP contribution < -0.4 is 14.8 Å². The molecule has 1 heterocycles. The molecule has 2 aromatic rings. The highest BCUT2D eigenvalue weighted by Crippen LogP contribution is 2.30. The van der Waals surface area contributed by atoms with Crippen LogP contribution in [0.15, 0.2) is 58.4 Å². The average molecular weight is 527 g/mol. The molecule has 1 fully saturated rings. The maximum Gasteiger partial charge on any atom is 0.193 e. The molecule has 1 aliphatic rings. The Morgan fingerprint density at radius 2 is 1.93 bits per heavy atom. The number of likely N-dealkylation sites (tertiary alicyclic amines) is 1. The number of nitrogens with one attached hydrogen (secondary N) is 1. The molecule has 158 valence electrons. The summed E-state index contributed by atoms with van der Waals surface area (Å²) in [6.07, 6.45) is 1.20. The number of thioether (sulfide) groups is 1. The Balaban J connectivity index is 0.00000300. The number of rotatable bonds is 7. The molecule has 1 saturated heterocycles. The number of ether oxygens (including phenoxy) is 2. The smallest absolute Gasteiger partial charge is 0.193 e. The zero-order valence-corrected chi connectivity index (χ0v) is 20.4. The second-order valence-corrected chi connectivity index (χ2v) is 7.87. The highest BCUT2D eigenvalue weighted by atomic mass is 127. The predicted octanol–water partition coefficient (Wildman–Crippen LogP) is 4.51. The number of nitrogens with zero attached hydrogens (tertiary/aromatic N) is 2. The molecule has 1 unspecified atom stereocenters. The van der Waals surface area contributed by atoms with E-state index in [9.17, 15) is 0 Å². The highest BCUT2D eigenvalue weighted by Gasteiger charge is 2.25. The lowest BCUT2D eigenvalue weighted by Gasteiger charge is -2.22. The first kappa shape index (κ1) is 23.7. The van der Waals surface area contributed by atoms with Gasteiger partial charge in [-0.15, -0.1) is 35.7 Å². The Labute approximate surface area is 195 Å². The van der Waals surface area contributed by atoms with Crippen LogP contribution in [0.3, 0.4) is 0 Å². The molecule has 7 heteroatoms. The zero-order chi connectivity index (χ0) is 19.8. The number of hydrogen-bond acceptors (Lipinski definition) is 4. The topological polar surface area (TPSA) is 46.1 Å². The quantitative estimate of drug-likeness (QED) is 0.249. The van der Waals surface area contributed by atoms with Gasteiger partial charge in [-0.3, -0.25) is 4.99 Å². The van der Waals surface area contributed by atoms with E-state index in [1.165, 1.54) is 11.3 Å². The first-order chi connectivity index (χ1) is 13.7. The van der Waals surface area contributed by atoms with Crippen molar-refractivity contribution in [2.75, 3.05) is 40.1 Å². The van der Waals surface area contributed by atoms with Crippen molar-refractivity contribution < 1.29 is 9.47 Å². The highest BCUT2D eigenvalue weighted by molar-refractivity contribution is 14.0. The molecule has 3 rings (SSSR count). The van der Waals surface area contributed by atoms with Crippen LogP contribution in [0.5, 0.6) is 11.5 Å². The first-order valence-electron chi connectivity index (χ1n) is 9.58. The lowest BCUT2D eigenvalue weighted by molar-refractivity contribution is 0.351. The summed E-state index contributed by atoms with van der Waals surface area (Å²) in [5.41, 5.74) is 1.05. The fraction of sp³-hybridized carbons (Fsp3) is 0.409.